The minimum absolute atomic E-state index is 0.185. The second kappa shape index (κ2) is 7.45. The van der Waals surface area contributed by atoms with Gasteiger partial charge in [0.15, 0.2) is 6.10 Å². The van der Waals surface area contributed by atoms with Crippen LogP contribution in [-0.4, -0.2) is 42.9 Å². The van der Waals surface area contributed by atoms with Crippen LogP contribution in [-0.2, 0) is 14.3 Å². The quantitative estimate of drug-likeness (QED) is 0.615. The molecular weight excluding hydrogens is 254 g/mol. The molecule has 0 bridgehead atoms. The molecule has 0 aliphatic heterocycles. The van der Waals surface area contributed by atoms with Gasteiger partial charge in [0.25, 0.3) is 5.91 Å². The number of ether oxygens (including phenoxy) is 2. The first-order valence-electron chi connectivity index (χ1n) is 5.82. The normalized spacial score (nSPS) is 12.2. The highest BCUT2D eigenvalue weighted by Crippen LogP contribution is 2.05. The molecule has 0 fully saturated rings. The number of hydrogen-bond acceptors (Lipinski definition) is 5. The van der Waals surface area contributed by atoms with Gasteiger partial charge in [-0.1, -0.05) is 0 Å². The minimum Gasteiger partial charge on any atom is -0.444 e. The fraction of sp³-hybridized carbons (Fsp3) is 0.727. The third kappa shape index (κ3) is 9.69. The smallest absolute Gasteiger partial charge is 0.407 e. The monoisotopic (exact) mass is 275 g/mol. The van der Waals surface area contributed by atoms with Crippen LogP contribution in [0.3, 0.4) is 0 Å². The van der Waals surface area contributed by atoms with E-state index < -0.39 is 29.8 Å². The second-order valence-corrected chi connectivity index (χ2v) is 4.80. The van der Waals surface area contributed by atoms with E-state index in [4.69, 9.17) is 10.5 Å². The van der Waals surface area contributed by atoms with Crippen molar-refractivity contribution in [1.29, 1.82) is 0 Å². The second-order valence-electron chi connectivity index (χ2n) is 4.80. The standard InChI is InChI=1S/C11H21N3O5/c1-7(18-9(12)16)8(15)13-5-6-14-10(17)19-11(2,3)4/h7H,5-6H2,1-4H3,(H2,12,16)(H,13,15)(H,14,17). The maximum absolute atomic E-state index is 11.4. The van der Waals surface area contributed by atoms with Crippen LogP contribution >= 0.6 is 0 Å². The van der Waals surface area contributed by atoms with Crippen LogP contribution < -0.4 is 16.4 Å². The lowest BCUT2D eigenvalue weighted by Crippen LogP contribution is -2.41. The molecule has 0 saturated carbocycles. The molecule has 8 nitrogen and oxygen atoms in total. The number of primary amides is 1. The summed E-state index contributed by atoms with van der Waals surface area (Å²) in [5.41, 5.74) is 4.20. The average molecular weight is 275 g/mol. The molecular formula is C11H21N3O5. The summed E-state index contributed by atoms with van der Waals surface area (Å²) in [6, 6.07) is 0. The van der Waals surface area contributed by atoms with E-state index in [1.54, 1.807) is 20.8 Å². The number of carbonyl (C=O) groups is 3. The van der Waals surface area contributed by atoms with Crippen molar-refractivity contribution in [3.63, 3.8) is 0 Å². The number of alkyl carbamates (subject to hydrolysis) is 1. The molecule has 0 aliphatic carbocycles. The van der Waals surface area contributed by atoms with E-state index in [0.29, 0.717) is 0 Å². The van der Waals surface area contributed by atoms with Crippen LogP contribution in [0.25, 0.3) is 0 Å². The van der Waals surface area contributed by atoms with Crippen molar-refractivity contribution in [1.82, 2.24) is 10.6 Å². The van der Waals surface area contributed by atoms with Crippen molar-refractivity contribution >= 4 is 18.1 Å². The lowest BCUT2D eigenvalue weighted by Gasteiger charge is -2.19. The van der Waals surface area contributed by atoms with Crippen molar-refractivity contribution in [2.24, 2.45) is 5.73 Å². The molecule has 4 N–H and O–H groups in total. The Morgan fingerprint density at radius 3 is 2.16 bits per heavy atom. The lowest BCUT2D eigenvalue weighted by molar-refractivity contribution is -0.128. The number of hydrogen-bond donors (Lipinski definition) is 3. The van der Waals surface area contributed by atoms with Gasteiger partial charge in [-0.05, 0) is 27.7 Å². The largest absolute Gasteiger partial charge is 0.444 e. The van der Waals surface area contributed by atoms with Gasteiger partial charge in [0.05, 0.1) is 0 Å². The number of rotatable bonds is 5. The van der Waals surface area contributed by atoms with E-state index in [2.05, 4.69) is 15.4 Å². The minimum atomic E-state index is -1.02. The third-order valence-corrected chi connectivity index (χ3v) is 1.75. The molecule has 110 valence electrons. The SMILES string of the molecule is CC(OC(N)=O)C(=O)NCCNC(=O)OC(C)(C)C. The zero-order valence-corrected chi connectivity index (χ0v) is 11.6. The molecule has 0 radical (unpaired) electrons. The summed E-state index contributed by atoms with van der Waals surface area (Å²) in [6.07, 6.45) is -2.56. The van der Waals surface area contributed by atoms with Gasteiger partial charge in [-0.3, -0.25) is 4.79 Å². The highest BCUT2D eigenvalue weighted by Gasteiger charge is 2.17. The van der Waals surface area contributed by atoms with Crippen LogP contribution in [0.15, 0.2) is 0 Å². The topological polar surface area (TPSA) is 120 Å². The molecule has 0 saturated heterocycles. The number of nitrogens with two attached hydrogens (primary N) is 1. The number of carbonyl (C=O) groups excluding carboxylic acids is 3. The first-order chi connectivity index (χ1) is 8.61. The molecule has 8 heteroatoms. The average Bonchev–Trinajstić information content (AvgIpc) is 2.20. The fourth-order valence-corrected chi connectivity index (χ4v) is 1.04. The highest BCUT2D eigenvalue weighted by atomic mass is 16.6. The summed E-state index contributed by atoms with van der Waals surface area (Å²) in [6.45, 7) is 7.02. The number of nitrogens with one attached hydrogen (secondary N) is 2. The predicted molar refractivity (Wildman–Crippen MR) is 67.4 cm³/mol. The molecule has 0 heterocycles. The Kier molecular flexibility index (Phi) is 6.67. The summed E-state index contributed by atoms with van der Waals surface area (Å²) < 4.78 is 9.47. The molecule has 0 aromatic carbocycles. The molecule has 1 unspecified atom stereocenters. The van der Waals surface area contributed by atoms with Gasteiger partial charge in [-0.15, -0.1) is 0 Å². The van der Waals surface area contributed by atoms with Gasteiger partial charge in [-0.2, -0.15) is 0 Å². The highest BCUT2D eigenvalue weighted by molar-refractivity contribution is 5.82. The summed E-state index contributed by atoms with van der Waals surface area (Å²) in [4.78, 5) is 33.0. The van der Waals surface area contributed by atoms with Crippen LogP contribution in [0, 0.1) is 0 Å². The Morgan fingerprint density at radius 2 is 1.68 bits per heavy atom. The van der Waals surface area contributed by atoms with E-state index in [0.717, 1.165) is 0 Å². The Labute approximate surface area is 112 Å². The molecule has 0 aliphatic rings. The lowest BCUT2D eigenvalue weighted by atomic mass is 10.2. The van der Waals surface area contributed by atoms with Gasteiger partial charge < -0.3 is 25.8 Å². The third-order valence-electron chi connectivity index (χ3n) is 1.75. The molecule has 0 aromatic rings. The summed E-state index contributed by atoms with van der Waals surface area (Å²) in [7, 11) is 0. The Morgan fingerprint density at radius 1 is 1.16 bits per heavy atom. The first kappa shape index (κ1) is 17.0. The summed E-state index contributed by atoms with van der Waals surface area (Å²) in [5.74, 6) is -0.496. The van der Waals surface area contributed by atoms with Crippen molar-refractivity contribution < 1.29 is 23.9 Å². The Balaban J connectivity index is 3.77. The van der Waals surface area contributed by atoms with Gasteiger partial charge in [0.1, 0.15) is 5.60 Å². The first-order valence-corrected chi connectivity index (χ1v) is 5.82. The van der Waals surface area contributed by atoms with Crippen LogP contribution in [0.4, 0.5) is 9.59 Å². The molecule has 1 atom stereocenters. The van der Waals surface area contributed by atoms with Crippen molar-refractivity contribution in [2.75, 3.05) is 13.1 Å². The molecule has 3 amide bonds. The zero-order valence-electron chi connectivity index (χ0n) is 11.6. The molecule has 0 rings (SSSR count). The van der Waals surface area contributed by atoms with Crippen LogP contribution in [0.5, 0.6) is 0 Å². The molecule has 0 spiro atoms. The van der Waals surface area contributed by atoms with E-state index in [1.165, 1.54) is 6.92 Å². The fourth-order valence-electron chi connectivity index (χ4n) is 1.04. The summed E-state index contributed by atoms with van der Waals surface area (Å²) in [5, 5.41) is 4.93. The van der Waals surface area contributed by atoms with Gasteiger partial charge >= 0.3 is 12.2 Å². The van der Waals surface area contributed by atoms with Crippen molar-refractivity contribution in [3.8, 4) is 0 Å². The Bertz CT molecular complexity index is 338. The predicted octanol–water partition coefficient (Wildman–Crippen LogP) is 0.111. The molecule has 0 aromatic heterocycles. The zero-order chi connectivity index (χ0) is 15.1. The van der Waals surface area contributed by atoms with Gasteiger partial charge in [-0.25, -0.2) is 9.59 Å². The van der Waals surface area contributed by atoms with E-state index in [1.807, 2.05) is 0 Å². The van der Waals surface area contributed by atoms with Gasteiger partial charge in [0, 0.05) is 13.1 Å². The van der Waals surface area contributed by atoms with E-state index in [9.17, 15) is 14.4 Å². The number of amides is 3. The maximum atomic E-state index is 11.4. The van der Waals surface area contributed by atoms with E-state index in [-0.39, 0.29) is 13.1 Å². The van der Waals surface area contributed by atoms with Crippen molar-refractivity contribution in [2.45, 2.75) is 39.4 Å². The van der Waals surface area contributed by atoms with Gasteiger partial charge in [0.2, 0.25) is 0 Å². The summed E-state index contributed by atoms with van der Waals surface area (Å²) >= 11 is 0. The molecule has 19 heavy (non-hydrogen) atoms. The maximum Gasteiger partial charge on any atom is 0.407 e. The van der Waals surface area contributed by atoms with Crippen LogP contribution in [0.2, 0.25) is 0 Å². The van der Waals surface area contributed by atoms with E-state index >= 15 is 0 Å². The van der Waals surface area contributed by atoms with Crippen molar-refractivity contribution in [3.05, 3.63) is 0 Å². The Hall–Kier alpha value is -1.99. The van der Waals surface area contributed by atoms with Crippen LogP contribution in [0.1, 0.15) is 27.7 Å².